The predicted molar refractivity (Wildman–Crippen MR) is 119 cm³/mol. The van der Waals surface area contributed by atoms with Crippen LogP contribution in [-0.4, -0.2) is 22.5 Å². The van der Waals surface area contributed by atoms with Gasteiger partial charge in [0.05, 0.1) is 5.69 Å². The second-order valence-corrected chi connectivity index (χ2v) is 8.29. The van der Waals surface area contributed by atoms with Crippen molar-refractivity contribution < 1.29 is 4.79 Å². The maximum atomic E-state index is 13.5. The molecule has 5 heteroatoms. The number of amides is 1. The Morgan fingerprint density at radius 1 is 1.07 bits per heavy atom. The van der Waals surface area contributed by atoms with E-state index in [1.807, 2.05) is 45.2 Å². The highest BCUT2D eigenvalue weighted by Crippen LogP contribution is 2.30. The van der Waals surface area contributed by atoms with Crippen molar-refractivity contribution in [2.24, 2.45) is 0 Å². The number of aryl methyl sites for hydroxylation is 2. The monoisotopic (exact) mass is 407 g/mol. The van der Waals surface area contributed by atoms with Crippen LogP contribution in [-0.2, 0) is 13.0 Å². The molecule has 29 heavy (non-hydrogen) atoms. The Hall–Kier alpha value is -2.59. The lowest BCUT2D eigenvalue weighted by molar-refractivity contribution is 0.0987. The first-order valence-electron chi connectivity index (χ1n) is 10.2. The maximum Gasteiger partial charge on any atom is 0.278 e. The van der Waals surface area contributed by atoms with E-state index < -0.39 is 0 Å². The molecule has 0 saturated carbocycles. The molecule has 1 amide bonds. The molecule has 0 aliphatic carbocycles. The second-order valence-electron chi connectivity index (χ2n) is 7.85. The van der Waals surface area contributed by atoms with Crippen LogP contribution in [0.4, 0.5) is 5.69 Å². The fourth-order valence-corrected chi connectivity index (χ4v) is 4.19. The van der Waals surface area contributed by atoms with Crippen molar-refractivity contribution >= 4 is 23.2 Å². The van der Waals surface area contributed by atoms with Crippen molar-refractivity contribution in [3.8, 4) is 11.4 Å². The number of anilines is 1. The molecule has 0 spiro atoms. The summed E-state index contributed by atoms with van der Waals surface area (Å²) >= 11 is 6.07. The molecule has 0 fully saturated rings. The summed E-state index contributed by atoms with van der Waals surface area (Å²) in [5, 5.41) is 0.697. The SMILES string of the molecule is Cc1ccc(C)c(N(C)C(=O)c2nc(-c3ccc(Cl)cc3)n3c2CCCCC3)c1. The van der Waals surface area contributed by atoms with Crippen LogP contribution in [0, 0.1) is 13.8 Å². The highest BCUT2D eigenvalue weighted by molar-refractivity contribution is 6.30. The van der Waals surface area contributed by atoms with E-state index in [9.17, 15) is 4.79 Å². The minimum absolute atomic E-state index is 0.0513. The van der Waals surface area contributed by atoms with Crippen LogP contribution in [0.25, 0.3) is 11.4 Å². The largest absolute Gasteiger partial charge is 0.327 e. The molecule has 1 aromatic heterocycles. The first-order valence-corrected chi connectivity index (χ1v) is 10.5. The Labute approximate surface area is 177 Å². The van der Waals surface area contributed by atoms with Gasteiger partial charge in [-0.15, -0.1) is 0 Å². The fraction of sp³-hybridized carbons (Fsp3) is 0.333. The molecule has 4 nitrogen and oxygen atoms in total. The van der Waals surface area contributed by atoms with Crippen molar-refractivity contribution in [3.63, 3.8) is 0 Å². The summed E-state index contributed by atoms with van der Waals surface area (Å²) < 4.78 is 2.24. The number of hydrogen-bond acceptors (Lipinski definition) is 2. The topological polar surface area (TPSA) is 38.1 Å². The normalized spacial score (nSPS) is 13.7. The fourth-order valence-electron chi connectivity index (χ4n) is 4.06. The van der Waals surface area contributed by atoms with Gasteiger partial charge in [-0.3, -0.25) is 4.79 Å². The molecule has 2 heterocycles. The van der Waals surface area contributed by atoms with Crippen molar-refractivity contribution in [2.45, 2.75) is 46.1 Å². The Balaban J connectivity index is 1.79. The molecule has 150 valence electrons. The van der Waals surface area contributed by atoms with Crippen molar-refractivity contribution in [2.75, 3.05) is 11.9 Å². The number of nitrogens with zero attached hydrogens (tertiary/aromatic N) is 3. The van der Waals surface area contributed by atoms with Crippen molar-refractivity contribution in [1.82, 2.24) is 9.55 Å². The molecule has 0 atom stereocenters. The standard InChI is InChI=1S/C24H26ClN3O/c1-16-8-9-17(2)21(15-16)27(3)24(29)22-20-7-5-4-6-14-28(20)23(26-22)18-10-12-19(25)13-11-18/h8-13,15H,4-7,14H2,1-3H3. The van der Waals surface area contributed by atoms with Gasteiger partial charge < -0.3 is 9.47 Å². The van der Waals surface area contributed by atoms with Gasteiger partial charge >= 0.3 is 0 Å². The molecule has 0 bridgehead atoms. The molecule has 0 unspecified atom stereocenters. The van der Waals surface area contributed by atoms with Gasteiger partial charge in [-0.2, -0.15) is 0 Å². The van der Waals surface area contributed by atoms with Crippen LogP contribution in [0.1, 0.15) is 46.6 Å². The van der Waals surface area contributed by atoms with Crippen LogP contribution in [0.15, 0.2) is 42.5 Å². The summed E-state index contributed by atoms with van der Waals surface area (Å²) in [5.74, 6) is 0.806. The van der Waals surface area contributed by atoms with Crippen LogP contribution in [0.2, 0.25) is 5.02 Å². The van der Waals surface area contributed by atoms with Gasteiger partial charge in [0.15, 0.2) is 5.69 Å². The Morgan fingerprint density at radius 2 is 1.83 bits per heavy atom. The number of halogens is 1. The summed E-state index contributed by atoms with van der Waals surface area (Å²) in [6.45, 7) is 4.97. The zero-order valence-corrected chi connectivity index (χ0v) is 18.0. The number of aromatic nitrogens is 2. The molecule has 2 aromatic carbocycles. The average molecular weight is 408 g/mol. The molecular formula is C24H26ClN3O. The lowest BCUT2D eigenvalue weighted by Gasteiger charge is -2.20. The first kappa shape index (κ1) is 19.7. The average Bonchev–Trinajstić information content (AvgIpc) is 2.90. The van der Waals surface area contributed by atoms with Gasteiger partial charge in [0.2, 0.25) is 0 Å². The van der Waals surface area contributed by atoms with E-state index in [1.54, 1.807) is 4.90 Å². The zero-order valence-electron chi connectivity index (χ0n) is 17.2. The van der Waals surface area contributed by atoms with E-state index >= 15 is 0 Å². The minimum atomic E-state index is -0.0513. The Morgan fingerprint density at radius 3 is 2.59 bits per heavy atom. The lowest BCUT2D eigenvalue weighted by Crippen LogP contribution is -2.28. The van der Waals surface area contributed by atoms with Crippen LogP contribution in [0.5, 0.6) is 0 Å². The molecule has 4 rings (SSSR count). The third-order valence-electron chi connectivity index (χ3n) is 5.70. The van der Waals surface area contributed by atoms with Crippen LogP contribution >= 0.6 is 11.6 Å². The van der Waals surface area contributed by atoms with Gasteiger partial charge in [0, 0.05) is 29.9 Å². The number of rotatable bonds is 3. The van der Waals surface area contributed by atoms with Gasteiger partial charge in [0.1, 0.15) is 5.82 Å². The summed E-state index contributed by atoms with van der Waals surface area (Å²) in [7, 11) is 1.84. The quantitative estimate of drug-likeness (QED) is 0.548. The zero-order chi connectivity index (χ0) is 20.5. The highest BCUT2D eigenvalue weighted by atomic mass is 35.5. The number of carbonyl (C=O) groups excluding carboxylic acids is 1. The lowest BCUT2D eigenvalue weighted by atomic mass is 10.1. The van der Waals surface area contributed by atoms with Gasteiger partial charge in [0.25, 0.3) is 5.91 Å². The molecule has 3 aromatic rings. The smallest absolute Gasteiger partial charge is 0.278 e. The van der Waals surface area contributed by atoms with Gasteiger partial charge in [-0.05, 0) is 74.6 Å². The molecule has 0 radical (unpaired) electrons. The van der Waals surface area contributed by atoms with E-state index in [1.165, 1.54) is 6.42 Å². The van der Waals surface area contributed by atoms with Crippen LogP contribution < -0.4 is 4.90 Å². The van der Waals surface area contributed by atoms with Crippen molar-refractivity contribution in [3.05, 3.63) is 70.0 Å². The first-order chi connectivity index (χ1) is 14.0. The number of fused-ring (bicyclic) bond motifs is 1. The minimum Gasteiger partial charge on any atom is -0.327 e. The number of imidazole rings is 1. The van der Waals surface area contributed by atoms with E-state index in [0.717, 1.165) is 59.7 Å². The summed E-state index contributed by atoms with van der Waals surface area (Å²) in [4.78, 5) is 20.1. The summed E-state index contributed by atoms with van der Waals surface area (Å²) in [6.07, 6.45) is 4.23. The summed E-state index contributed by atoms with van der Waals surface area (Å²) in [5.41, 5.74) is 5.75. The number of carbonyl (C=O) groups is 1. The molecule has 1 aliphatic rings. The van der Waals surface area contributed by atoms with E-state index in [-0.39, 0.29) is 5.91 Å². The second kappa shape index (κ2) is 8.03. The number of benzene rings is 2. The van der Waals surface area contributed by atoms with Gasteiger partial charge in [-0.1, -0.05) is 30.2 Å². The molecular weight excluding hydrogens is 382 g/mol. The molecule has 0 N–H and O–H groups in total. The molecule has 1 aliphatic heterocycles. The van der Waals surface area contributed by atoms with Crippen molar-refractivity contribution in [1.29, 1.82) is 0 Å². The predicted octanol–water partition coefficient (Wildman–Crippen LogP) is 5.82. The maximum absolute atomic E-state index is 13.5. The third kappa shape index (κ3) is 3.82. The Bertz CT molecular complexity index is 1050. The molecule has 0 saturated heterocycles. The highest BCUT2D eigenvalue weighted by Gasteiger charge is 2.27. The number of hydrogen-bond donors (Lipinski definition) is 0. The van der Waals surface area contributed by atoms with Gasteiger partial charge in [-0.25, -0.2) is 4.98 Å². The Kier molecular flexibility index (Phi) is 5.46. The van der Waals surface area contributed by atoms with E-state index in [4.69, 9.17) is 16.6 Å². The van der Waals surface area contributed by atoms with E-state index in [2.05, 4.69) is 22.8 Å². The summed E-state index contributed by atoms with van der Waals surface area (Å²) in [6, 6.07) is 13.9. The van der Waals surface area contributed by atoms with Crippen LogP contribution in [0.3, 0.4) is 0 Å². The third-order valence-corrected chi connectivity index (χ3v) is 5.96. The van der Waals surface area contributed by atoms with E-state index in [0.29, 0.717) is 10.7 Å².